The molecule has 0 saturated carbocycles. The molecule has 158 valence electrons. The summed E-state index contributed by atoms with van der Waals surface area (Å²) in [6, 6.07) is 9.92. The molecular formula is C22H23NO5S2. The van der Waals surface area contributed by atoms with E-state index >= 15 is 0 Å². The smallest absolute Gasteiger partial charge is 0.346 e. The van der Waals surface area contributed by atoms with Gasteiger partial charge in [-0.15, -0.1) is 0 Å². The van der Waals surface area contributed by atoms with Gasteiger partial charge < -0.3 is 19.1 Å². The molecule has 0 spiro atoms. The van der Waals surface area contributed by atoms with Gasteiger partial charge in [0.05, 0.1) is 24.7 Å². The zero-order valence-electron chi connectivity index (χ0n) is 17.0. The predicted octanol–water partition coefficient (Wildman–Crippen LogP) is 4.84. The fourth-order valence-corrected chi connectivity index (χ4v) is 5.02. The van der Waals surface area contributed by atoms with Crippen molar-refractivity contribution in [1.82, 2.24) is 4.90 Å². The Morgan fingerprint density at radius 2 is 1.67 bits per heavy atom. The summed E-state index contributed by atoms with van der Waals surface area (Å²) in [5.41, 5.74) is 1.00. The molecule has 2 aliphatic heterocycles. The van der Waals surface area contributed by atoms with E-state index in [9.17, 15) is 9.59 Å². The van der Waals surface area contributed by atoms with Gasteiger partial charge in [0.1, 0.15) is 9.81 Å². The highest BCUT2D eigenvalue weighted by Crippen LogP contribution is 2.50. The maximum atomic E-state index is 12.0. The molecule has 30 heavy (non-hydrogen) atoms. The number of nitrogens with zero attached hydrogens (tertiary/aromatic N) is 1. The Kier molecular flexibility index (Phi) is 7.70. The summed E-state index contributed by atoms with van der Waals surface area (Å²) >= 11 is 2.37. The second-order valence-corrected chi connectivity index (χ2v) is 8.71. The van der Waals surface area contributed by atoms with Crippen LogP contribution in [0.1, 0.15) is 25.3 Å². The van der Waals surface area contributed by atoms with Gasteiger partial charge in [-0.1, -0.05) is 67.2 Å². The zero-order chi connectivity index (χ0) is 21.5. The van der Waals surface area contributed by atoms with Crippen LogP contribution in [0.2, 0.25) is 0 Å². The highest BCUT2D eigenvalue weighted by Gasteiger charge is 2.32. The first-order valence-corrected chi connectivity index (χ1v) is 11.1. The fourth-order valence-electron chi connectivity index (χ4n) is 2.75. The Hall–Kier alpha value is -2.58. The normalized spacial score (nSPS) is 17.2. The van der Waals surface area contributed by atoms with E-state index in [1.165, 1.54) is 37.7 Å². The molecule has 0 amide bonds. The fraction of sp³-hybridized carbons (Fsp3) is 0.273. The molecule has 2 aliphatic rings. The number of hydrogen-bond donors (Lipinski definition) is 0. The molecule has 0 unspecified atom stereocenters. The second kappa shape index (κ2) is 10.4. The van der Waals surface area contributed by atoms with E-state index in [2.05, 4.69) is 11.8 Å². The maximum Gasteiger partial charge on any atom is 0.346 e. The van der Waals surface area contributed by atoms with Crippen molar-refractivity contribution in [2.24, 2.45) is 0 Å². The van der Waals surface area contributed by atoms with Gasteiger partial charge in [0.15, 0.2) is 11.6 Å². The van der Waals surface area contributed by atoms with Crippen LogP contribution in [0.4, 0.5) is 0 Å². The molecule has 0 bridgehead atoms. The van der Waals surface area contributed by atoms with Gasteiger partial charge in [-0.05, 0) is 12.5 Å². The third kappa shape index (κ3) is 5.12. The van der Waals surface area contributed by atoms with E-state index in [4.69, 9.17) is 14.2 Å². The molecule has 2 heterocycles. The van der Waals surface area contributed by atoms with Crippen molar-refractivity contribution < 1.29 is 23.8 Å². The molecule has 1 aromatic carbocycles. The lowest BCUT2D eigenvalue weighted by Gasteiger charge is -2.15. The second-order valence-electron chi connectivity index (χ2n) is 6.34. The van der Waals surface area contributed by atoms with Gasteiger partial charge in [0, 0.05) is 18.2 Å². The number of esters is 2. The molecule has 0 fully saturated rings. The number of ether oxygens (including phenoxy) is 3. The minimum absolute atomic E-state index is 0.234. The largest absolute Gasteiger partial charge is 0.465 e. The Morgan fingerprint density at radius 1 is 1.03 bits per heavy atom. The van der Waals surface area contributed by atoms with Crippen LogP contribution in [0.3, 0.4) is 0 Å². The molecular weight excluding hydrogens is 422 g/mol. The van der Waals surface area contributed by atoms with Crippen LogP contribution in [-0.4, -0.2) is 37.6 Å². The van der Waals surface area contributed by atoms with E-state index in [1.807, 2.05) is 48.7 Å². The number of benzene rings is 1. The van der Waals surface area contributed by atoms with Crippen LogP contribution in [-0.2, 0) is 23.8 Å². The molecule has 3 rings (SSSR count). The van der Waals surface area contributed by atoms with E-state index < -0.39 is 11.9 Å². The summed E-state index contributed by atoms with van der Waals surface area (Å²) in [7, 11) is 2.57. The van der Waals surface area contributed by atoms with Gasteiger partial charge in [-0.3, -0.25) is 0 Å². The van der Waals surface area contributed by atoms with E-state index in [-0.39, 0.29) is 9.81 Å². The minimum atomic E-state index is -0.557. The lowest BCUT2D eigenvalue weighted by Crippen LogP contribution is -2.14. The molecule has 0 aliphatic carbocycles. The molecule has 0 radical (unpaired) electrons. The van der Waals surface area contributed by atoms with E-state index in [1.54, 1.807) is 0 Å². The van der Waals surface area contributed by atoms with Crippen molar-refractivity contribution in [3.8, 4) is 0 Å². The van der Waals surface area contributed by atoms with Crippen LogP contribution in [0.15, 0.2) is 68.6 Å². The van der Waals surface area contributed by atoms with Crippen LogP contribution in [0.25, 0.3) is 5.76 Å². The Bertz CT molecular complexity index is 904. The summed E-state index contributed by atoms with van der Waals surface area (Å²) < 4.78 is 16.4. The summed E-state index contributed by atoms with van der Waals surface area (Å²) in [5.74, 6) is 0.367. The van der Waals surface area contributed by atoms with Gasteiger partial charge in [0.2, 0.25) is 0 Å². The number of carbonyl (C=O) groups is 2. The lowest BCUT2D eigenvalue weighted by molar-refractivity contribution is -0.138. The first-order valence-electron chi connectivity index (χ1n) is 9.47. The monoisotopic (exact) mass is 445 g/mol. The summed E-state index contributed by atoms with van der Waals surface area (Å²) in [4.78, 5) is 26.6. The van der Waals surface area contributed by atoms with Gasteiger partial charge in [-0.2, -0.15) is 0 Å². The number of rotatable bonds is 7. The van der Waals surface area contributed by atoms with Crippen LogP contribution < -0.4 is 0 Å². The van der Waals surface area contributed by atoms with Crippen molar-refractivity contribution in [2.75, 3.05) is 20.8 Å². The number of methoxy groups -OCH3 is 2. The minimum Gasteiger partial charge on any atom is -0.465 e. The van der Waals surface area contributed by atoms with Gasteiger partial charge >= 0.3 is 11.9 Å². The summed E-state index contributed by atoms with van der Waals surface area (Å²) in [6.07, 6.45) is 7.79. The van der Waals surface area contributed by atoms with Crippen molar-refractivity contribution in [1.29, 1.82) is 0 Å². The Morgan fingerprint density at radius 3 is 2.23 bits per heavy atom. The average Bonchev–Trinajstić information content (AvgIpc) is 3.40. The number of hydrogen-bond acceptors (Lipinski definition) is 8. The summed E-state index contributed by atoms with van der Waals surface area (Å²) in [5, 5.41) is 0. The average molecular weight is 446 g/mol. The predicted molar refractivity (Wildman–Crippen MR) is 120 cm³/mol. The van der Waals surface area contributed by atoms with E-state index in [0.717, 1.165) is 34.9 Å². The number of thioether (sulfide) groups is 2. The first-order chi connectivity index (χ1) is 14.6. The van der Waals surface area contributed by atoms with Gasteiger partial charge in [-0.25, -0.2) is 9.59 Å². The molecule has 0 saturated heterocycles. The molecule has 6 nitrogen and oxygen atoms in total. The lowest BCUT2D eigenvalue weighted by atomic mass is 10.2. The Labute approximate surface area is 184 Å². The van der Waals surface area contributed by atoms with Crippen molar-refractivity contribution in [2.45, 2.75) is 19.8 Å². The number of allylic oxidation sites excluding steroid dienone is 2. The van der Waals surface area contributed by atoms with Crippen molar-refractivity contribution in [3.63, 3.8) is 0 Å². The maximum absolute atomic E-state index is 12.0. The molecule has 0 N–H and O–H groups in total. The zero-order valence-corrected chi connectivity index (χ0v) is 18.7. The molecule has 8 heteroatoms. The third-order valence-electron chi connectivity index (χ3n) is 4.30. The highest BCUT2D eigenvalue weighted by atomic mass is 32.2. The first kappa shape index (κ1) is 22.1. The Balaban J connectivity index is 1.81. The quantitative estimate of drug-likeness (QED) is 0.553. The SMILES string of the molecule is CCCCN1C=C(c2ccccc2)OC1=CC=C1SC(C(=O)OC)=C(C(=O)OC)S1. The molecule has 0 aromatic heterocycles. The van der Waals surface area contributed by atoms with Gasteiger partial charge in [0.25, 0.3) is 0 Å². The third-order valence-corrected chi connectivity index (χ3v) is 6.75. The van der Waals surface area contributed by atoms with Crippen LogP contribution in [0.5, 0.6) is 0 Å². The summed E-state index contributed by atoms with van der Waals surface area (Å²) in [6.45, 7) is 2.98. The topological polar surface area (TPSA) is 65.1 Å². The molecule has 0 atom stereocenters. The standard InChI is InChI=1S/C22H23NO5S2/c1-4-5-13-23-14-16(15-9-7-6-8-10-15)28-17(23)11-12-18-29-19(21(24)26-2)20(30-18)22(25)27-3/h6-12,14H,4-5,13H2,1-3H3. The van der Waals surface area contributed by atoms with Crippen LogP contribution in [0, 0.1) is 0 Å². The van der Waals surface area contributed by atoms with Crippen molar-refractivity contribution in [3.05, 3.63) is 74.2 Å². The highest BCUT2D eigenvalue weighted by molar-refractivity contribution is 8.29. The number of unbranched alkanes of at least 4 members (excludes halogenated alkanes) is 1. The van der Waals surface area contributed by atoms with Crippen molar-refractivity contribution >= 4 is 41.2 Å². The van der Waals surface area contributed by atoms with E-state index in [0.29, 0.717) is 5.88 Å². The van der Waals surface area contributed by atoms with Crippen LogP contribution >= 0.6 is 23.5 Å². The number of carbonyl (C=O) groups excluding carboxylic acids is 2. The molecule has 1 aromatic rings.